The lowest BCUT2D eigenvalue weighted by Gasteiger charge is -2.08. The molecule has 0 saturated carbocycles. The molecule has 4 heteroatoms. The standard InChI is InChI=1S/C21H42O4.C7H8/c1-2-3-4-5-6-7-8-9-10-11-12-13-14-15-16-17-21(24)25-19-20(23)18-22;1-7-5-3-2-4-6-7/h20,22-23H,2-19H2,1H3;2-6H,1H3. The summed E-state index contributed by atoms with van der Waals surface area (Å²) in [5, 5.41) is 17.7. The molecule has 0 saturated heterocycles. The predicted molar refractivity (Wildman–Crippen MR) is 135 cm³/mol. The Morgan fingerprint density at radius 1 is 0.781 bits per heavy atom. The third kappa shape index (κ3) is 23.3. The Morgan fingerprint density at radius 2 is 1.22 bits per heavy atom. The van der Waals surface area contributed by atoms with Crippen molar-refractivity contribution in [3.05, 3.63) is 35.9 Å². The Labute approximate surface area is 197 Å². The van der Waals surface area contributed by atoms with E-state index in [9.17, 15) is 4.79 Å². The van der Waals surface area contributed by atoms with Gasteiger partial charge in [-0.2, -0.15) is 0 Å². The molecule has 1 atom stereocenters. The molecule has 0 radical (unpaired) electrons. The van der Waals surface area contributed by atoms with Crippen LogP contribution in [-0.2, 0) is 9.53 Å². The smallest absolute Gasteiger partial charge is 0.305 e. The zero-order chi connectivity index (χ0) is 23.7. The number of rotatable bonds is 19. The predicted octanol–water partition coefficient (Wildman–Crippen LogP) is 7.14. The molecule has 4 nitrogen and oxygen atoms in total. The van der Waals surface area contributed by atoms with Crippen molar-refractivity contribution in [1.82, 2.24) is 0 Å². The fraction of sp³-hybridized carbons (Fsp3) is 0.750. The second kappa shape index (κ2) is 24.3. The van der Waals surface area contributed by atoms with Crippen molar-refractivity contribution in [3.63, 3.8) is 0 Å². The number of unbranched alkanes of at least 4 members (excludes halogenated alkanes) is 14. The number of aliphatic hydroxyl groups excluding tert-OH is 2. The Bertz CT molecular complexity index is 503. The molecule has 0 heterocycles. The van der Waals surface area contributed by atoms with Gasteiger partial charge in [-0.15, -0.1) is 0 Å². The molecule has 1 aromatic carbocycles. The summed E-state index contributed by atoms with van der Waals surface area (Å²) in [4.78, 5) is 11.4. The number of aliphatic hydroxyl groups is 2. The van der Waals surface area contributed by atoms with Gasteiger partial charge in [-0.1, -0.05) is 133 Å². The van der Waals surface area contributed by atoms with Crippen LogP contribution >= 0.6 is 0 Å². The molecule has 0 aromatic heterocycles. The van der Waals surface area contributed by atoms with Gasteiger partial charge >= 0.3 is 5.97 Å². The first-order valence-electron chi connectivity index (χ1n) is 13.1. The normalized spacial score (nSPS) is 11.5. The van der Waals surface area contributed by atoms with Crippen molar-refractivity contribution in [2.75, 3.05) is 13.2 Å². The number of hydrogen-bond acceptors (Lipinski definition) is 4. The van der Waals surface area contributed by atoms with Crippen LogP contribution in [0.4, 0.5) is 0 Å². The average Bonchev–Trinajstić information content (AvgIpc) is 2.81. The molecule has 1 rings (SSSR count). The third-order valence-electron chi connectivity index (χ3n) is 5.57. The maximum atomic E-state index is 11.4. The molecule has 1 unspecified atom stereocenters. The quantitative estimate of drug-likeness (QED) is 0.174. The van der Waals surface area contributed by atoms with Crippen LogP contribution < -0.4 is 0 Å². The number of esters is 1. The molecule has 0 spiro atoms. The molecule has 0 aliphatic rings. The van der Waals surface area contributed by atoms with Crippen LogP contribution in [0.2, 0.25) is 0 Å². The highest BCUT2D eigenvalue weighted by molar-refractivity contribution is 5.69. The van der Waals surface area contributed by atoms with E-state index >= 15 is 0 Å². The second-order valence-corrected chi connectivity index (χ2v) is 8.87. The van der Waals surface area contributed by atoms with Gasteiger partial charge in [0, 0.05) is 6.42 Å². The van der Waals surface area contributed by atoms with Crippen LogP contribution in [0, 0.1) is 6.92 Å². The largest absolute Gasteiger partial charge is 0.463 e. The van der Waals surface area contributed by atoms with E-state index in [-0.39, 0.29) is 19.2 Å². The molecule has 0 bridgehead atoms. The van der Waals surface area contributed by atoms with Crippen molar-refractivity contribution in [3.8, 4) is 0 Å². The summed E-state index contributed by atoms with van der Waals surface area (Å²) in [5.74, 6) is -0.276. The van der Waals surface area contributed by atoms with Crippen molar-refractivity contribution in [2.24, 2.45) is 0 Å². The van der Waals surface area contributed by atoms with E-state index in [2.05, 4.69) is 26.0 Å². The molecule has 0 aliphatic heterocycles. The van der Waals surface area contributed by atoms with Crippen molar-refractivity contribution in [2.45, 2.75) is 123 Å². The molecule has 0 fully saturated rings. The summed E-state index contributed by atoms with van der Waals surface area (Å²) >= 11 is 0. The maximum Gasteiger partial charge on any atom is 0.305 e. The van der Waals surface area contributed by atoms with E-state index < -0.39 is 6.10 Å². The first kappa shape index (κ1) is 30.6. The van der Waals surface area contributed by atoms with E-state index in [0.717, 1.165) is 12.8 Å². The minimum absolute atomic E-state index is 0.103. The summed E-state index contributed by atoms with van der Waals surface area (Å²) in [7, 11) is 0. The third-order valence-corrected chi connectivity index (χ3v) is 5.57. The van der Waals surface area contributed by atoms with Gasteiger partial charge in [-0.3, -0.25) is 4.79 Å². The fourth-order valence-corrected chi connectivity index (χ4v) is 3.49. The summed E-state index contributed by atoms with van der Waals surface area (Å²) in [6.45, 7) is 3.88. The van der Waals surface area contributed by atoms with Crippen molar-refractivity contribution in [1.29, 1.82) is 0 Å². The zero-order valence-corrected chi connectivity index (χ0v) is 20.9. The van der Waals surface area contributed by atoms with E-state index in [0.29, 0.717) is 6.42 Å². The number of benzene rings is 1. The van der Waals surface area contributed by atoms with Gasteiger partial charge in [-0.25, -0.2) is 0 Å². The molecule has 32 heavy (non-hydrogen) atoms. The van der Waals surface area contributed by atoms with Crippen LogP contribution in [0.15, 0.2) is 30.3 Å². The lowest BCUT2D eigenvalue weighted by atomic mass is 10.0. The fourth-order valence-electron chi connectivity index (χ4n) is 3.49. The Morgan fingerprint density at radius 3 is 1.59 bits per heavy atom. The van der Waals surface area contributed by atoms with Crippen molar-refractivity contribution >= 4 is 5.97 Å². The van der Waals surface area contributed by atoms with Crippen LogP contribution in [0.1, 0.15) is 115 Å². The van der Waals surface area contributed by atoms with Crippen LogP contribution in [0.25, 0.3) is 0 Å². The molecular formula is C28H50O4. The first-order valence-corrected chi connectivity index (χ1v) is 13.1. The van der Waals surface area contributed by atoms with Gasteiger partial charge < -0.3 is 14.9 Å². The second-order valence-electron chi connectivity index (χ2n) is 8.87. The van der Waals surface area contributed by atoms with E-state index in [1.165, 1.54) is 89.0 Å². The number of ether oxygens (including phenoxy) is 1. The number of carbonyl (C=O) groups is 1. The molecule has 0 amide bonds. The molecule has 186 valence electrons. The topological polar surface area (TPSA) is 66.8 Å². The number of carbonyl (C=O) groups excluding carboxylic acids is 1. The van der Waals surface area contributed by atoms with E-state index in [4.69, 9.17) is 14.9 Å². The Hall–Kier alpha value is -1.39. The van der Waals surface area contributed by atoms with Gasteiger partial charge in [0.1, 0.15) is 12.7 Å². The number of aryl methyl sites for hydroxylation is 1. The molecule has 1 aromatic rings. The Kier molecular flexibility index (Phi) is 23.2. The van der Waals surface area contributed by atoms with E-state index in [1.807, 2.05) is 18.2 Å². The van der Waals surface area contributed by atoms with Gasteiger partial charge in [0.25, 0.3) is 0 Å². The van der Waals surface area contributed by atoms with E-state index in [1.54, 1.807) is 0 Å². The summed E-state index contributed by atoms with van der Waals surface area (Å²) in [6.07, 6.45) is 19.0. The van der Waals surface area contributed by atoms with Gasteiger partial charge in [0.2, 0.25) is 0 Å². The highest BCUT2D eigenvalue weighted by Gasteiger charge is 2.07. The molecule has 2 N–H and O–H groups in total. The lowest BCUT2D eigenvalue weighted by Crippen LogP contribution is -2.21. The van der Waals surface area contributed by atoms with Gasteiger partial charge in [0.15, 0.2) is 0 Å². The SMILES string of the molecule is CCCCCCCCCCCCCCCCCC(=O)OCC(O)CO.Cc1ccccc1. The van der Waals surface area contributed by atoms with Gasteiger partial charge in [-0.05, 0) is 13.3 Å². The minimum atomic E-state index is -0.954. The van der Waals surface area contributed by atoms with Gasteiger partial charge in [0.05, 0.1) is 6.61 Å². The first-order chi connectivity index (χ1) is 15.6. The van der Waals surface area contributed by atoms with Crippen LogP contribution in [-0.4, -0.2) is 35.5 Å². The Balaban J connectivity index is 0.00000115. The average molecular weight is 451 g/mol. The monoisotopic (exact) mass is 450 g/mol. The molecule has 0 aliphatic carbocycles. The highest BCUT2D eigenvalue weighted by atomic mass is 16.5. The lowest BCUT2D eigenvalue weighted by molar-refractivity contribution is -0.147. The molecular weight excluding hydrogens is 400 g/mol. The van der Waals surface area contributed by atoms with Crippen molar-refractivity contribution < 1.29 is 19.7 Å². The van der Waals surface area contributed by atoms with Crippen LogP contribution in [0.5, 0.6) is 0 Å². The highest BCUT2D eigenvalue weighted by Crippen LogP contribution is 2.13. The summed E-state index contributed by atoms with van der Waals surface area (Å²) in [5.41, 5.74) is 1.32. The van der Waals surface area contributed by atoms with Crippen LogP contribution in [0.3, 0.4) is 0 Å². The number of hydrogen-bond donors (Lipinski definition) is 2. The zero-order valence-electron chi connectivity index (χ0n) is 20.9. The minimum Gasteiger partial charge on any atom is -0.463 e. The summed E-state index contributed by atoms with van der Waals surface area (Å²) in [6, 6.07) is 10.3. The summed E-state index contributed by atoms with van der Waals surface area (Å²) < 4.78 is 4.86. The maximum absolute atomic E-state index is 11.4.